The fraction of sp³-hybridized carbons (Fsp3) is 0.500. The Morgan fingerprint density at radius 2 is 2.40 bits per heavy atom. The Kier molecular flexibility index (Phi) is 1.74. The van der Waals surface area contributed by atoms with Crippen LogP contribution in [-0.2, 0) is 4.79 Å². The van der Waals surface area contributed by atoms with Gasteiger partial charge in [-0.3, -0.25) is 4.79 Å². The van der Waals surface area contributed by atoms with Crippen LogP contribution in [0.1, 0.15) is 6.92 Å². The normalized spacial score (nSPS) is 38.4. The number of rotatable bonds is 1. The van der Waals surface area contributed by atoms with Crippen LogP contribution in [0.25, 0.3) is 0 Å². The van der Waals surface area contributed by atoms with Gasteiger partial charge in [0.25, 0.3) is 0 Å². The molecule has 4 heteroatoms. The van der Waals surface area contributed by atoms with E-state index in [0.717, 1.165) is 11.8 Å². The van der Waals surface area contributed by atoms with Gasteiger partial charge in [-0.2, -0.15) is 0 Å². The minimum atomic E-state index is -1.18. The number of carbonyl (C=O) groups is 1. The second-order valence-corrected chi connectivity index (χ2v) is 3.40. The van der Waals surface area contributed by atoms with Crippen molar-refractivity contribution in [2.75, 3.05) is 0 Å². The molecule has 0 amide bonds. The molecule has 0 aromatic carbocycles. The van der Waals surface area contributed by atoms with Gasteiger partial charge in [-0.1, -0.05) is 0 Å². The lowest BCUT2D eigenvalue weighted by atomic mass is 10.0. The summed E-state index contributed by atoms with van der Waals surface area (Å²) in [6, 6.07) is 0. The predicted octanol–water partition coefficient (Wildman–Crippen LogP) is 0.451. The van der Waals surface area contributed by atoms with E-state index in [1.807, 2.05) is 0 Å². The Balaban J connectivity index is 2.75. The molecular formula is C6H8O3S. The Labute approximate surface area is 62.7 Å². The van der Waals surface area contributed by atoms with Gasteiger partial charge in [0, 0.05) is 0 Å². The van der Waals surface area contributed by atoms with E-state index < -0.39 is 16.8 Å². The van der Waals surface area contributed by atoms with Crippen molar-refractivity contribution in [3.63, 3.8) is 0 Å². The summed E-state index contributed by atoms with van der Waals surface area (Å²) in [6.45, 7) is 1.49. The fourth-order valence-corrected chi connectivity index (χ4v) is 1.77. The number of hydrogen-bond donors (Lipinski definition) is 2. The molecule has 0 saturated carbocycles. The SMILES string of the molecule is CC1(O)C=CSC1C(=O)O. The minimum Gasteiger partial charge on any atom is -0.480 e. The summed E-state index contributed by atoms with van der Waals surface area (Å²) < 4.78 is 0. The molecule has 1 heterocycles. The van der Waals surface area contributed by atoms with Crippen LogP contribution >= 0.6 is 11.8 Å². The molecule has 0 fully saturated rings. The number of aliphatic carboxylic acids is 1. The van der Waals surface area contributed by atoms with Gasteiger partial charge < -0.3 is 10.2 Å². The molecule has 0 spiro atoms. The van der Waals surface area contributed by atoms with E-state index in [2.05, 4.69) is 0 Å². The highest BCUT2D eigenvalue weighted by atomic mass is 32.2. The summed E-state index contributed by atoms with van der Waals surface area (Å²) in [6.07, 6.45) is 1.50. The van der Waals surface area contributed by atoms with E-state index in [4.69, 9.17) is 5.11 Å². The van der Waals surface area contributed by atoms with Crippen molar-refractivity contribution in [3.05, 3.63) is 11.5 Å². The van der Waals surface area contributed by atoms with E-state index >= 15 is 0 Å². The molecule has 56 valence electrons. The molecule has 0 aromatic rings. The molecular weight excluding hydrogens is 152 g/mol. The van der Waals surface area contributed by atoms with Crippen LogP contribution in [0.3, 0.4) is 0 Å². The van der Waals surface area contributed by atoms with Gasteiger partial charge >= 0.3 is 5.97 Å². The third-order valence-electron chi connectivity index (χ3n) is 1.38. The second kappa shape index (κ2) is 2.29. The molecule has 3 nitrogen and oxygen atoms in total. The Morgan fingerprint density at radius 1 is 1.80 bits per heavy atom. The molecule has 1 aliphatic heterocycles. The monoisotopic (exact) mass is 160 g/mol. The van der Waals surface area contributed by atoms with Crippen molar-refractivity contribution in [2.24, 2.45) is 0 Å². The predicted molar refractivity (Wildman–Crippen MR) is 38.8 cm³/mol. The summed E-state index contributed by atoms with van der Waals surface area (Å²) in [5.41, 5.74) is -1.18. The molecule has 0 aromatic heterocycles. The summed E-state index contributed by atoms with van der Waals surface area (Å²) in [4.78, 5) is 10.4. The van der Waals surface area contributed by atoms with Gasteiger partial charge in [-0.05, 0) is 18.4 Å². The molecule has 1 rings (SSSR count). The van der Waals surface area contributed by atoms with Crippen LogP contribution < -0.4 is 0 Å². The van der Waals surface area contributed by atoms with Crippen LogP contribution in [0.2, 0.25) is 0 Å². The lowest BCUT2D eigenvalue weighted by molar-refractivity contribution is -0.139. The van der Waals surface area contributed by atoms with Gasteiger partial charge in [-0.25, -0.2) is 0 Å². The average molecular weight is 160 g/mol. The third-order valence-corrected chi connectivity index (χ3v) is 2.62. The summed E-state index contributed by atoms with van der Waals surface area (Å²) in [7, 11) is 0. The Morgan fingerprint density at radius 3 is 2.60 bits per heavy atom. The zero-order chi connectivity index (χ0) is 7.78. The van der Waals surface area contributed by atoms with Gasteiger partial charge in [0.05, 0.1) is 0 Å². The zero-order valence-electron chi connectivity index (χ0n) is 5.44. The van der Waals surface area contributed by atoms with Crippen molar-refractivity contribution in [3.8, 4) is 0 Å². The maximum absolute atomic E-state index is 10.4. The number of aliphatic hydroxyl groups is 1. The molecule has 0 saturated heterocycles. The Bertz CT molecular complexity index is 185. The summed E-state index contributed by atoms with van der Waals surface area (Å²) >= 11 is 1.13. The smallest absolute Gasteiger partial charge is 0.320 e. The van der Waals surface area contributed by atoms with Crippen molar-refractivity contribution in [1.82, 2.24) is 0 Å². The second-order valence-electron chi connectivity index (χ2n) is 2.38. The lowest BCUT2D eigenvalue weighted by Gasteiger charge is -2.19. The largest absolute Gasteiger partial charge is 0.480 e. The van der Waals surface area contributed by atoms with Crippen molar-refractivity contribution in [1.29, 1.82) is 0 Å². The highest BCUT2D eigenvalue weighted by molar-refractivity contribution is 8.03. The van der Waals surface area contributed by atoms with Gasteiger partial charge in [0.15, 0.2) is 0 Å². The zero-order valence-corrected chi connectivity index (χ0v) is 6.26. The highest BCUT2D eigenvalue weighted by Crippen LogP contribution is 2.32. The first-order chi connectivity index (χ1) is 4.54. The molecule has 2 unspecified atom stereocenters. The molecule has 10 heavy (non-hydrogen) atoms. The average Bonchev–Trinajstić information content (AvgIpc) is 2.08. The van der Waals surface area contributed by atoms with Gasteiger partial charge in [-0.15, -0.1) is 11.8 Å². The van der Waals surface area contributed by atoms with Crippen LogP contribution in [0.5, 0.6) is 0 Å². The number of thioether (sulfide) groups is 1. The van der Waals surface area contributed by atoms with E-state index in [9.17, 15) is 9.90 Å². The molecule has 0 radical (unpaired) electrons. The van der Waals surface area contributed by atoms with Gasteiger partial charge in [0.2, 0.25) is 0 Å². The molecule has 0 aliphatic carbocycles. The summed E-state index contributed by atoms with van der Waals surface area (Å²) in [5.74, 6) is -0.972. The topological polar surface area (TPSA) is 57.5 Å². The minimum absolute atomic E-state index is 0.743. The first kappa shape index (κ1) is 7.63. The number of carboxylic acids is 1. The first-order valence-corrected chi connectivity index (χ1v) is 3.76. The van der Waals surface area contributed by atoms with Crippen molar-refractivity contribution in [2.45, 2.75) is 17.8 Å². The maximum Gasteiger partial charge on any atom is 0.320 e. The molecule has 0 bridgehead atoms. The fourth-order valence-electron chi connectivity index (χ4n) is 0.789. The van der Waals surface area contributed by atoms with Crippen LogP contribution in [0.15, 0.2) is 11.5 Å². The maximum atomic E-state index is 10.4. The molecule has 2 atom stereocenters. The molecule has 1 aliphatic rings. The Hall–Kier alpha value is -0.480. The summed E-state index contributed by atoms with van der Waals surface area (Å²) in [5, 5.41) is 18.7. The van der Waals surface area contributed by atoms with Crippen LogP contribution in [0.4, 0.5) is 0 Å². The highest BCUT2D eigenvalue weighted by Gasteiger charge is 2.38. The van der Waals surface area contributed by atoms with Gasteiger partial charge in [0.1, 0.15) is 10.9 Å². The quantitative estimate of drug-likeness (QED) is 0.584. The lowest BCUT2D eigenvalue weighted by Crippen LogP contribution is -2.37. The first-order valence-electron chi connectivity index (χ1n) is 2.82. The standard InChI is InChI=1S/C6H8O3S/c1-6(9)2-3-10-4(6)5(7)8/h2-4,9H,1H3,(H,7,8). The molecule has 2 N–H and O–H groups in total. The van der Waals surface area contributed by atoms with Crippen molar-refractivity contribution >= 4 is 17.7 Å². The van der Waals surface area contributed by atoms with Crippen molar-refractivity contribution < 1.29 is 15.0 Å². The van der Waals surface area contributed by atoms with E-state index in [0.29, 0.717) is 0 Å². The number of carboxylic acid groups (broad SMARTS) is 1. The third kappa shape index (κ3) is 1.17. The van der Waals surface area contributed by atoms with E-state index in [1.54, 1.807) is 5.41 Å². The number of hydrogen-bond acceptors (Lipinski definition) is 3. The van der Waals surface area contributed by atoms with E-state index in [1.165, 1.54) is 13.0 Å². The van der Waals surface area contributed by atoms with E-state index in [-0.39, 0.29) is 0 Å². The van der Waals surface area contributed by atoms with Crippen LogP contribution in [-0.4, -0.2) is 27.0 Å². The van der Waals surface area contributed by atoms with Crippen LogP contribution in [0, 0.1) is 0 Å².